The Morgan fingerprint density at radius 2 is 1.19 bits per heavy atom. The third-order valence-corrected chi connectivity index (χ3v) is 7.18. The zero-order valence-electron chi connectivity index (χ0n) is 20.8. The van der Waals surface area contributed by atoms with Gasteiger partial charge in [-0.25, -0.2) is 0 Å². The number of benzene rings is 4. The molecule has 3 nitrogen and oxygen atoms in total. The van der Waals surface area contributed by atoms with E-state index in [1.807, 2.05) is 24.4 Å². The van der Waals surface area contributed by atoms with Crippen LogP contribution in [0.1, 0.15) is 22.3 Å². The van der Waals surface area contributed by atoms with Crippen molar-refractivity contribution in [1.29, 1.82) is 0 Å². The summed E-state index contributed by atoms with van der Waals surface area (Å²) in [5.41, 5.74) is 12.4. The van der Waals surface area contributed by atoms with E-state index < -0.39 is 0 Å². The zero-order chi connectivity index (χ0) is 24.6. The van der Waals surface area contributed by atoms with E-state index in [9.17, 15) is 0 Å². The van der Waals surface area contributed by atoms with E-state index in [1.54, 1.807) is 0 Å². The Hall–Kier alpha value is -4.37. The van der Waals surface area contributed by atoms with Crippen LogP contribution in [0.25, 0.3) is 66.3 Å². The van der Waals surface area contributed by atoms with Gasteiger partial charge in [-0.1, -0.05) is 42.5 Å². The molecule has 0 saturated carbocycles. The Bertz CT molecular complexity index is 1970. The number of pyridine rings is 1. The van der Waals surface area contributed by atoms with E-state index in [2.05, 4.69) is 87.3 Å². The van der Waals surface area contributed by atoms with E-state index in [0.29, 0.717) is 0 Å². The highest BCUT2D eigenvalue weighted by Gasteiger charge is 2.22. The molecule has 0 radical (unpaired) electrons. The van der Waals surface area contributed by atoms with Gasteiger partial charge in [0.1, 0.15) is 11.2 Å². The number of furan rings is 2. The van der Waals surface area contributed by atoms with Crippen molar-refractivity contribution in [2.45, 2.75) is 27.7 Å². The summed E-state index contributed by atoms with van der Waals surface area (Å²) in [7, 11) is 0. The van der Waals surface area contributed by atoms with Crippen LogP contribution in [0, 0.1) is 27.7 Å². The fraction of sp³-hybridized carbons (Fsp3) is 0.121. The largest absolute Gasteiger partial charge is 0.452 e. The van der Waals surface area contributed by atoms with E-state index in [-0.39, 0.29) is 0 Å². The molecule has 7 aromatic rings. The fourth-order valence-corrected chi connectivity index (χ4v) is 5.67. The van der Waals surface area contributed by atoms with Crippen LogP contribution in [0.2, 0.25) is 0 Å². The lowest BCUT2D eigenvalue weighted by Gasteiger charge is -2.08. The molecule has 0 bridgehead atoms. The minimum Gasteiger partial charge on any atom is -0.452 e. The molecule has 0 unspecified atom stereocenters. The Balaban J connectivity index is 1.66. The van der Waals surface area contributed by atoms with Gasteiger partial charge in [-0.2, -0.15) is 0 Å². The first-order valence-corrected chi connectivity index (χ1v) is 12.3. The third kappa shape index (κ3) is 3.02. The van der Waals surface area contributed by atoms with Gasteiger partial charge in [-0.15, -0.1) is 0 Å². The van der Waals surface area contributed by atoms with Crippen LogP contribution in [0.15, 0.2) is 87.8 Å². The summed E-state index contributed by atoms with van der Waals surface area (Å²) in [6.07, 6.45) is 1.90. The molecule has 4 aromatic carbocycles. The van der Waals surface area contributed by atoms with Crippen LogP contribution in [-0.2, 0) is 0 Å². The SMILES string of the molecule is Cc1cc(C)c2oc3c(cc(-c4ccnc(-c5ccccc5)c4)c4c5cc(C)cc(C)c5oc34)c2c1. The maximum Gasteiger partial charge on any atom is 0.179 e. The Labute approximate surface area is 209 Å². The maximum absolute atomic E-state index is 6.62. The average Bonchev–Trinajstić information content (AvgIpc) is 3.44. The first kappa shape index (κ1) is 21.0. The lowest BCUT2D eigenvalue weighted by molar-refractivity contribution is 0.630. The number of fused-ring (bicyclic) bond motifs is 7. The predicted molar refractivity (Wildman–Crippen MR) is 149 cm³/mol. The van der Waals surface area contributed by atoms with Crippen molar-refractivity contribution in [1.82, 2.24) is 4.98 Å². The van der Waals surface area contributed by atoms with Gasteiger partial charge in [0, 0.05) is 33.3 Å². The molecular formula is C33H25NO2. The molecule has 0 aliphatic carbocycles. The number of aromatic nitrogens is 1. The van der Waals surface area contributed by atoms with Crippen molar-refractivity contribution in [3.63, 3.8) is 0 Å². The summed E-state index contributed by atoms with van der Waals surface area (Å²) in [5.74, 6) is 0. The summed E-state index contributed by atoms with van der Waals surface area (Å²) < 4.78 is 13.1. The van der Waals surface area contributed by atoms with Crippen molar-refractivity contribution < 1.29 is 8.83 Å². The second-order valence-corrected chi connectivity index (χ2v) is 9.92. The molecule has 0 fully saturated rings. The van der Waals surface area contributed by atoms with Crippen LogP contribution in [0.4, 0.5) is 0 Å². The topological polar surface area (TPSA) is 39.2 Å². The zero-order valence-corrected chi connectivity index (χ0v) is 20.8. The van der Waals surface area contributed by atoms with Crippen LogP contribution >= 0.6 is 0 Å². The number of rotatable bonds is 2. The van der Waals surface area contributed by atoms with Gasteiger partial charge < -0.3 is 8.83 Å². The molecule has 0 spiro atoms. The molecule has 0 atom stereocenters. The van der Waals surface area contributed by atoms with Crippen molar-refractivity contribution in [3.05, 3.63) is 101 Å². The molecule has 0 saturated heterocycles. The van der Waals surface area contributed by atoms with Crippen molar-refractivity contribution in [2.24, 2.45) is 0 Å². The van der Waals surface area contributed by atoms with Gasteiger partial charge in [-0.3, -0.25) is 4.98 Å². The highest BCUT2D eigenvalue weighted by atomic mass is 16.4. The van der Waals surface area contributed by atoms with Crippen molar-refractivity contribution in [3.8, 4) is 22.4 Å². The molecule has 0 amide bonds. The third-order valence-electron chi connectivity index (χ3n) is 7.18. The van der Waals surface area contributed by atoms with E-state index in [1.165, 1.54) is 11.1 Å². The summed E-state index contributed by atoms with van der Waals surface area (Å²) in [5, 5.41) is 4.40. The molecule has 7 rings (SSSR count). The van der Waals surface area contributed by atoms with Crippen molar-refractivity contribution in [2.75, 3.05) is 0 Å². The van der Waals surface area contributed by atoms with E-state index in [0.717, 1.165) is 77.4 Å². The highest BCUT2D eigenvalue weighted by molar-refractivity contribution is 6.24. The first-order chi connectivity index (χ1) is 17.5. The number of hydrogen-bond acceptors (Lipinski definition) is 3. The summed E-state index contributed by atoms with van der Waals surface area (Å²) in [6, 6.07) is 25.6. The predicted octanol–water partition coefficient (Wildman–Crippen LogP) is 9.45. The van der Waals surface area contributed by atoms with Crippen molar-refractivity contribution >= 4 is 43.9 Å². The van der Waals surface area contributed by atoms with Crippen LogP contribution in [0.5, 0.6) is 0 Å². The Morgan fingerprint density at radius 3 is 1.94 bits per heavy atom. The van der Waals surface area contributed by atoms with Crippen LogP contribution < -0.4 is 0 Å². The number of hydrogen-bond donors (Lipinski definition) is 0. The molecule has 0 N–H and O–H groups in total. The Kier molecular flexibility index (Phi) is 4.40. The molecule has 3 heterocycles. The second kappa shape index (κ2) is 7.56. The molecule has 174 valence electrons. The maximum atomic E-state index is 6.62. The van der Waals surface area contributed by atoms with Gasteiger partial charge in [-0.05, 0) is 91.4 Å². The second-order valence-electron chi connectivity index (χ2n) is 9.92. The standard InChI is InChI=1S/C33H25NO2/c1-18-12-20(3)30-25(14-18)26-17-24(23-10-11-34-28(16-23)22-8-6-5-7-9-22)29-27-15-19(2)13-21(4)31(27)36-33(29)32(26)35-30/h5-17H,1-4H3. The lowest BCUT2D eigenvalue weighted by atomic mass is 9.95. The van der Waals surface area contributed by atoms with Crippen LogP contribution in [0.3, 0.4) is 0 Å². The van der Waals surface area contributed by atoms with Gasteiger partial charge in [0.25, 0.3) is 0 Å². The monoisotopic (exact) mass is 467 g/mol. The highest BCUT2D eigenvalue weighted by Crippen LogP contribution is 2.45. The number of nitrogens with zero attached hydrogens (tertiary/aromatic N) is 1. The first-order valence-electron chi connectivity index (χ1n) is 12.3. The van der Waals surface area contributed by atoms with E-state index in [4.69, 9.17) is 8.83 Å². The summed E-state index contributed by atoms with van der Waals surface area (Å²) in [6.45, 7) is 8.49. The molecule has 0 aliphatic rings. The molecule has 3 aromatic heterocycles. The molecule has 0 aliphatic heterocycles. The molecular weight excluding hydrogens is 442 g/mol. The Morgan fingerprint density at radius 1 is 0.556 bits per heavy atom. The average molecular weight is 468 g/mol. The summed E-state index contributed by atoms with van der Waals surface area (Å²) in [4.78, 5) is 4.68. The normalized spacial score (nSPS) is 11.9. The quantitative estimate of drug-likeness (QED) is 0.254. The summed E-state index contributed by atoms with van der Waals surface area (Å²) >= 11 is 0. The lowest BCUT2D eigenvalue weighted by Crippen LogP contribution is -1.87. The van der Waals surface area contributed by atoms with E-state index >= 15 is 0 Å². The minimum absolute atomic E-state index is 0.803. The van der Waals surface area contributed by atoms with Gasteiger partial charge in [0.2, 0.25) is 0 Å². The van der Waals surface area contributed by atoms with Gasteiger partial charge in [0.15, 0.2) is 11.2 Å². The fourth-order valence-electron chi connectivity index (χ4n) is 5.67. The number of aryl methyl sites for hydroxylation is 4. The van der Waals surface area contributed by atoms with Gasteiger partial charge in [0.05, 0.1) is 5.69 Å². The minimum atomic E-state index is 0.803. The van der Waals surface area contributed by atoms with Crippen LogP contribution in [-0.4, -0.2) is 4.98 Å². The molecule has 3 heteroatoms. The molecule has 36 heavy (non-hydrogen) atoms. The smallest absolute Gasteiger partial charge is 0.179 e. The van der Waals surface area contributed by atoms with Gasteiger partial charge >= 0.3 is 0 Å².